The van der Waals surface area contributed by atoms with Gasteiger partial charge in [-0.2, -0.15) is 0 Å². The highest BCUT2D eigenvalue weighted by molar-refractivity contribution is 5.91. The van der Waals surface area contributed by atoms with E-state index in [0.717, 1.165) is 5.56 Å². The van der Waals surface area contributed by atoms with Crippen LogP contribution >= 0.6 is 0 Å². The normalized spacial score (nSPS) is 21.2. The molecule has 1 aromatic heterocycles. The second-order valence-corrected chi connectivity index (χ2v) is 5.54. The van der Waals surface area contributed by atoms with Crippen molar-refractivity contribution >= 4 is 17.7 Å². The van der Waals surface area contributed by atoms with E-state index >= 15 is 0 Å². The molecule has 0 saturated carbocycles. The number of pyridine rings is 1. The van der Waals surface area contributed by atoms with E-state index in [2.05, 4.69) is 10.3 Å². The number of carboxylic acids is 1. The van der Waals surface area contributed by atoms with Crippen LogP contribution < -0.4 is 10.1 Å². The van der Waals surface area contributed by atoms with Gasteiger partial charge in [-0.1, -0.05) is 0 Å². The van der Waals surface area contributed by atoms with Gasteiger partial charge in [-0.3, -0.25) is 4.79 Å². The first-order valence-electron chi connectivity index (χ1n) is 6.66. The summed E-state index contributed by atoms with van der Waals surface area (Å²) in [5, 5.41) is 11.9. The number of nitrogens with zero attached hydrogens (tertiary/aromatic N) is 2. The number of hydrogen-bond donors (Lipinski definition) is 2. The lowest BCUT2D eigenvalue weighted by molar-refractivity contribution is -0.146. The van der Waals surface area contributed by atoms with Crippen molar-refractivity contribution in [2.24, 2.45) is 5.41 Å². The number of methoxy groups -OCH3 is 1. The molecule has 2 N–H and O–H groups in total. The van der Waals surface area contributed by atoms with E-state index in [-0.39, 0.29) is 12.6 Å². The molecular formula is C14H19N3O4. The van der Waals surface area contributed by atoms with Crippen LogP contribution in [0.1, 0.15) is 18.9 Å². The summed E-state index contributed by atoms with van der Waals surface area (Å²) < 4.78 is 5.10. The Morgan fingerprint density at radius 1 is 1.52 bits per heavy atom. The smallest absolute Gasteiger partial charge is 0.322 e. The molecule has 7 nitrogen and oxygen atoms in total. The van der Waals surface area contributed by atoms with E-state index in [1.54, 1.807) is 19.2 Å². The Morgan fingerprint density at radius 2 is 2.24 bits per heavy atom. The van der Waals surface area contributed by atoms with Gasteiger partial charge in [0, 0.05) is 19.3 Å². The van der Waals surface area contributed by atoms with Crippen LogP contribution in [0.4, 0.5) is 10.5 Å². The fraction of sp³-hybridized carbons (Fsp3) is 0.500. The number of aliphatic carboxylic acids is 1. The number of carbonyl (C=O) groups is 2. The highest BCUT2D eigenvalue weighted by Crippen LogP contribution is 2.31. The topological polar surface area (TPSA) is 91.8 Å². The lowest BCUT2D eigenvalue weighted by atomic mass is 9.90. The van der Waals surface area contributed by atoms with Crippen LogP contribution in [0.25, 0.3) is 0 Å². The molecule has 1 fully saturated rings. The van der Waals surface area contributed by atoms with Gasteiger partial charge >= 0.3 is 12.0 Å². The molecule has 0 aliphatic carbocycles. The Morgan fingerprint density at radius 3 is 2.81 bits per heavy atom. The summed E-state index contributed by atoms with van der Waals surface area (Å²) in [6.45, 7) is 4.11. The number of aromatic nitrogens is 1. The average Bonchev–Trinajstić information content (AvgIpc) is 2.83. The molecule has 114 valence electrons. The van der Waals surface area contributed by atoms with E-state index in [1.165, 1.54) is 12.0 Å². The highest BCUT2D eigenvalue weighted by Gasteiger charge is 2.42. The summed E-state index contributed by atoms with van der Waals surface area (Å²) in [4.78, 5) is 29.0. The van der Waals surface area contributed by atoms with Crippen LogP contribution in [-0.4, -0.2) is 47.2 Å². The van der Waals surface area contributed by atoms with Crippen LogP contribution in [-0.2, 0) is 4.79 Å². The first-order chi connectivity index (χ1) is 9.85. The molecule has 0 radical (unpaired) electrons. The predicted octanol–water partition coefficient (Wildman–Crippen LogP) is 1.73. The third-order valence-corrected chi connectivity index (χ3v) is 3.70. The van der Waals surface area contributed by atoms with E-state index in [1.807, 2.05) is 6.92 Å². The van der Waals surface area contributed by atoms with Crippen molar-refractivity contribution in [1.29, 1.82) is 0 Å². The maximum absolute atomic E-state index is 12.2. The van der Waals surface area contributed by atoms with E-state index < -0.39 is 11.4 Å². The van der Waals surface area contributed by atoms with Gasteiger partial charge < -0.3 is 20.1 Å². The molecule has 0 aromatic carbocycles. The van der Waals surface area contributed by atoms with Crippen molar-refractivity contribution in [3.05, 3.63) is 17.8 Å². The quantitative estimate of drug-likeness (QED) is 0.885. The molecule has 1 saturated heterocycles. The lowest BCUT2D eigenvalue weighted by Gasteiger charge is -2.21. The number of likely N-dealkylation sites (tertiary alicyclic amines) is 1. The standard InChI is InChI=1S/C14H19N3O4/c1-9-6-10(11(21-3)15-7-9)16-13(20)17-5-4-14(2,8-17)12(18)19/h6-7H,4-5,8H2,1-3H3,(H,16,20)(H,18,19). The molecule has 0 spiro atoms. The second kappa shape index (κ2) is 5.59. The first-order valence-corrected chi connectivity index (χ1v) is 6.66. The van der Waals surface area contributed by atoms with Crippen molar-refractivity contribution in [3.63, 3.8) is 0 Å². The number of hydrogen-bond acceptors (Lipinski definition) is 4. The van der Waals surface area contributed by atoms with Crippen LogP contribution in [0.15, 0.2) is 12.3 Å². The number of anilines is 1. The third-order valence-electron chi connectivity index (χ3n) is 3.70. The van der Waals surface area contributed by atoms with Crippen LogP contribution in [0.5, 0.6) is 5.88 Å². The van der Waals surface area contributed by atoms with Crippen LogP contribution in [0, 0.1) is 12.3 Å². The number of carboxylic acid groups (broad SMARTS) is 1. The molecule has 0 bridgehead atoms. The number of ether oxygens (including phenoxy) is 1. The fourth-order valence-electron chi connectivity index (χ4n) is 2.31. The molecule has 1 aliphatic heterocycles. The van der Waals surface area contributed by atoms with Gasteiger partial charge in [0.1, 0.15) is 5.69 Å². The second-order valence-electron chi connectivity index (χ2n) is 5.54. The maximum Gasteiger partial charge on any atom is 0.322 e. The molecule has 1 atom stereocenters. The monoisotopic (exact) mass is 293 g/mol. The molecule has 7 heteroatoms. The summed E-state index contributed by atoms with van der Waals surface area (Å²) in [5.41, 5.74) is 0.487. The Kier molecular flexibility index (Phi) is 4.02. The predicted molar refractivity (Wildman–Crippen MR) is 76.5 cm³/mol. The van der Waals surface area contributed by atoms with Crippen molar-refractivity contribution in [2.75, 3.05) is 25.5 Å². The van der Waals surface area contributed by atoms with Gasteiger partial charge in [0.05, 0.1) is 12.5 Å². The van der Waals surface area contributed by atoms with Gasteiger partial charge in [-0.05, 0) is 31.9 Å². The van der Waals surface area contributed by atoms with Gasteiger partial charge in [0.25, 0.3) is 0 Å². The maximum atomic E-state index is 12.2. The van der Waals surface area contributed by atoms with Gasteiger partial charge in [0.2, 0.25) is 5.88 Å². The lowest BCUT2D eigenvalue weighted by Crippen LogP contribution is -2.37. The third kappa shape index (κ3) is 3.07. The molecule has 2 amide bonds. The minimum absolute atomic E-state index is 0.190. The SMILES string of the molecule is COc1ncc(C)cc1NC(=O)N1CCC(C)(C(=O)O)C1. The van der Waals surface area contributed by atoms with Crippen LogP contribution in [0.2, 0.25) is 0 Å². The first kappa shape index (κ1) is 15.1. The Bertz CT molecular complexity index is 575. The van der Waals surface area contributed by atoms with E-state index in [4.69, 9.17) is 4.74 Å². The zero-order valence-corrected chi connectivity index (χ0v) is 12.3. The fourth-order valence-corrected chi connectivity index (χ4v) is 2.31. The van der Waals surface area contributed by atoms with Crippen molar-refractivity contribution in [2.45, 2.75) is 20.3 Å². The number of carbonyl (C=O) groups excluding carboxylic acids is 1. The van der Waals surface area contributed by atoms with Crippen LogP contribution in [0.3, 0.4) is 0 Å². The molecule has 1 aliphatic rings. The summed E-state index contributed by atoms with van der Waals surface area (Å²) in [6.07, 6.45) is 2.09. The Labute approximate surface area is 122 Å². The Hall–Kier alpha value is -2.31. The highest BCUT2D eigenvalue weighted by atomic mass is 16.5. The molecule has 1 unspecified atom stereocenters. The summed E-state index contributed by atoms with van der Waals surface area (Å²) in [6, 6.07) is 1.42. The molecule has 2 rings (SSSR count). The molecule has 2 heterocycles. The van der Waals surface area contributed by atoms with Crippen molar-refractivity contribution in [3.8, 4) is 5.88 Å². The molecule has 1 aromatic rings. The molecular weight excluding hydrogens is 274 g/mol. The average molecular weight is 293 g/mol. The summed E-state index contributed by atoms with van der Waals surface area (Å²) in [5.74, 6) is -0.554. The minimum Gasteiger partial charge on any atom is -0.481 e. The van der Waals surface area contributed by atoms with Gasteiger partial charge in [-0.25, -0.2) is 9.78 Å². The van der Waals surface area contributed by atoms with E-state index in [9.17, 15) is 14.7 Å². The van der Waals surface area contributed by atoms with Gasteiger partial charge in [0.15, 0.2) is 0 Å². The summed E-state index contributed by atoms with van der Waals surface area (Å²) in [7, 11) is 1.48. The number of aryl methyl sites for hydroxylation is 1. The zero-order valence-electron chi connectivity index (χ0n) is 12.3. The number of rotatable bonds is 3. The van der Waals surface area contributed by atoms with E-state index in [0.29, 0.717) is 24.5 Å². The number of urea groups is 1. The summed E-state index contributed by atoms with van der Waals surface area (Å²) >= 11 is 0. The Balaban J connectivity index is 2.10. The largest absolute Gasteiger partial charge is 0.481 e. The minimum atomic E-state index is -0.883. The van der Waals surface area contributed by atoms with Crippen molar-refractivity contribution < 1.29 is 19.4 Å². The van der Waals surface area contributed by atoms with Crippen molar-refractivity contribution in [1.82, 2.24) is 9.88 Å². The van der Waals surface area contributed by atoms with Gasteiger partial charge in [-0.15, -0.1) is 0 Å². The molecule has 21 heavy (non-hydrogen) atoms. The number of amides is 2. The zero-order chi connectivity index (χ0) is 15.6. The number of nitrogens with one attached hydrogen (secondary N) is 1.